The number of hydrogen-bond donors (Lipinski definition) is 2. The van der Waals surface area contributed by atoms with Crippen molar-refractivity contribution in [3.63, 3.8) is 0 Å². The highest BCUT2D eigenvalue weighted by atomic mass is 32.2. The third-order valence-electron chi connectivity index (χ3n) is 5.60. The third kappa shape index (κ3) is 5.19. The topological polar surface area (TPSA) is 104 Å². The number of dihydropyridines is 1. The Morgan fingerprint density at radius 3 is 2.56 bits per heavy atom. The molecular weight excluding hydrogens is 481 g/mol. The van der Waals surface area contributed by atoms with E-state index in [9.17, 15) is 19.2 Å². The van der Waals surface area contributed by atoms with E-state index in [4.69, 9.17) is 9.15 Å². The minimum atomic E-state index is -0.836. The molecule has 0 saturated heterocycles. The highest BCUT2D eigenvalue weighted by Gasteiger charge is 2.36. The van der Waals surface area contributed by atoms with Crippen LogP contribution in [0.5, 0.6) is 5.75 Å². The van der Waals surface area contributed by atoms with Gasteiger partial charge in [-0.15, -0.1) is 0 Å². The largest absolute Gasteiger partial charge is 0.497 e. The second kappa shape index (κ2) is 11.0. The Labute approximate surface area is 211 Å². The van der Waals surface area contributed by atoms with Gasteiger partial charge in [0.05, 0.1) is 53.0 Å². The molecule has 0 bridgehead atoms. The fourth-order valence-corrected chi connectivity index (χ4v) is 4.80. The fraction of sp³-hybridized carbons (Fsp3) is 0.148. The van der Waals surface area contributed by atoms with Gasteiger partial charge in [-0.25, -0.2) is 4.39 Å². The van der Waals surface area contributed by atoms with Gasteiger partial charge in [-0.05, 0) is 55.5 Å². The van der Waals surface area contributed by atoms with Crippen LogP contribution in [0.15, 0.2) is 93.2 Å². The van der Waals surface area contributed by atoms with Crippen molar-refractivity contribution in [3.8, 4) is 11.8 Å². The van der Waals surface area contributed by atoms with Crippen LogP contribution in [0.4, 0.5) is 10.1 Å². The Bertz CT molecular complexity index is 1390. The Morgan fingerprint density at radius 2 is 1.92 bits per heavy atom. The lowest BCUT2D eigenvalue weighted by Gasteiger charge is -2.28. The summed E-state index contributed by atoms with van der Waals surface area (Å²) in [5.74, 6) is -1.03. The number of hydrogen-bond acceptors (Lipinski definition) is 7. The summed E-state index contributed by atoms with van der Waals surface area (Å²) in [7, 11) is 1.55. The summed E-state index contributed by atoms with van der Waals surface area (Å²) in [5, 5.41) is 16.2. The molecule has 1 amide bonds. The summed E-state index contributed by atoms with van der Waals surface area (Å²) in [6, 6.07) is 18.1. The van der Waals surface area contributed by atoms with E-state index in [1.165, 1.54) is 36.2 Å². The van der Waals surface area contributed by atoms with Crippen LogP contribution >= 0.6 is 11.8 Å². The van der Waals surface area contributed by atoms with Gasteiger partial charge in [-0.3, -0.25) is 9.59 Å². The number of nitrogens with zero attached hydrogens (tertiary/aromatic N) is 1. The molecule has 0 radical (unpaired) electrons. The first-order valence-electron chi connectivity index (χ1n) is 10.9. The molecule has 0 spiro atoms. The number of benzene rings is 2. The van der Waals surface area contributed by atoms with Gasteiger partial charge >= 0.3 is 0 Å². The van der Waals surface area contributed by atoms with Crippen LogP contribution < -0.4 is 15.4 Å². The standard InChI is InChI=1S/C27H22FN3O4S/c1-16-24(26(33)31-21-7-4-3-6-20(21)28)25(23-8-5-13-35-23)19(14-29)27(30-16)36-15-22(32)17-9-11-18(34-2)12-10-17/h3-13,25,30H,15H2,1-2H3,(H,31,33). The maximum absolute atomic E-state index is 14.2. The molecule has 4 rings (SSSR count). The lowest BCUT2D eigenvalue weighted by molar-refractivity contribution is -0.113. The van der Waals surface area contributed by atoms with Crippen molar-refractivity contribution in [2.75, 3.05) is 18.2 Å². The zero-order chi connectivity index (χ0) is 25.7. The molecule has 0 fully saturated rings. The Morgan fingerprint density at radius 1 is 1.17 bits per heavy atom. The van der Waals surface area contributed by atoms with Crippen LogP contribution in [0, 0.1) is 17.1 Å². The second-order valence-electron chi connectivity index (χ2n) is 7.84. The van der Waals surface area contributed by atoms with E-state index in [1.807, 2.05) is 0 Å². The minimum Gasteiger partial charge on any atom is -0.497 e. The molecule has 1 aliphatic rings. The first-order valence-corrected chi connectivity index (χ1v) is 11.9. The number of para-hydroxylation sites is 1. The fourth-order valence-electron chi connectivity index (χ4n) is 3.82. The van der Waals surface area contributed by atoms with Gasteiger partial charge in [-0.1, -0.05) is 23.9 Å². The van der Waals surface area contributed by atoms with E-state index in [0.717, 1.165) is 0 Å². The average Bonchev–Trinajstić information content (AvgIpc) is 3.43. The van der Waals surface area contributed by atoms with E-state index in [2.05, 4.69) is 16.7 Å². The number of ether oxygens (including phenoxy) is 1. The predicted octanol–water partition coefficient (Wildman–Crippen LogP) is 5.38. The molecule has 9 heteroatoms. The molecule has 0 saturated carbocycles. The van der Waals surface area contributed by atoms with Crippen molar-refractivity contribution in [2.45, 2.75) is 12.8 Å². The number of Topliss-reactive ketones (excluding diaryl/α,β-unsaturated/α-hetero) is 1. The van der Waals surface area contributed by atoms with Gasteiger partial charge < -0.3 is 19.8 Å². The first kappa shape index (κ1) is 24.8. The molecule has 7 nitrogen and oxygen atoms in total. The number of allylic oxidation sites excluding steroid dienone is 2. The molecule has 2 N–H and O–H groups in total. The van der Waals surface area contributed by atoms with E-state index >= 15 is 0 Å². The molecule has 182 valence electrons. The van der Waals surface area contributed by atoms with Gasteiger partial charge in [-0.2, -0.15) is 5.26 Å². The number of rotatable bonds is 8. The van der Waals surface area contributed by atoms with Crippen molar-refractivity contribution in [1.29, 1.82) is 5.26 Å². The summed E-state index contributed by atoms with van der Waals surface area (Å²) in [6.07, 6.45) is 1.45. The van der Waals surface area contributed by atoms with Gasteiger partial charge in [0.2, 0.25) is 0 Å². The zero-order valence-corrected chi connectivity index (χ0v) is 20.3. The second-order valence-corrected chi connectivity index (χ2v) is 8.83. The van der Waals surface area contributed by atoms with Crippen LogP contribution in [-0.4, -0.2) is 24.6 Å². The number of carbonyl (C=O) groups excluding carboxylic acids is 2. The van der Waals surface area contributed by atoms with Gasteiger partial charge in [0.25, 0.3) is 5.91 Å². The molecule has 2 aromatic carbocycles. The van der Waals surface area contributed by atoms with Crippen LogP contribution in [-0.2, 0) is 4.79 Å². The van der Waals surface area contributed by atoms with E-state index in [1.54, 1.807) is 56.5 Å². The van der Waals surface area contributed by atoms with Gasteiger partial charge in [0.15, 0.2) is 5.78 Å². The number of thioether (sulfide) groups is 1. The number of nitrogens with one attached hydrogen (secondary N) is 2. The third-order valence-corrected chi connectivity index (χ3v) is 6.62. The zero-order valence-electron chi connectivity index (χ0n) is 19.5. The van der Waals surface area contributed by atoms with Crippen LogP contribution in [0.3, 0.4) is 0 Å². The average molecular weight is 504 g/mol. The minimum absolute atomic E-state index is 0.0220. The van der Waals surface area contributed by atoms with Crippen LogP contribution in [0.1, 0.15) is 29.0 Å². The first-order chi connectivity index (χ1) is 17.4. The van der Waals surface area contributed by atoms with Crippen molar-refractivity contribution >= 4 is 29.1 Å². The molecule has 1 unspecified atom stereocenters. The normalized spacial score (nSPS) is 15.2. The Balaban J connectivity index is 1.62. The predicted molar refractivity (Wildman–Crippen MR) is 135 cm³/mol. The number of nitriles is 1. The number of halogens is 1. The van der Waals surface area contributed by atoms with Crippen molar-refractivity contribution in [1.82, 2.24) is 5.32 Å². The Hall–Kier alpha value is -4.29. The number of carbonyl (C=O) groups is 2. The van der Waals surface area contributed by atoms with E-state index in [0.29, 0.717) is 27.8 Å². The lowest BCUT2D eigenvalue weighted by atomic mass is 9.85. The van der Waals surface area contributed by atoms with Crippen LogP contribution in [0.25, 0.3) is 0 Å². The van der Waals surface area contributed by atoms with Crippen molar-refractivity contribution in [2.24, 2.45) is 0 Å². The van der Waals surface area contributed by atoms with Gasteiger partial charge in [0, 0.05) is 11.3 Å². The molecule has 1 aromatic heterocycles. The summed E-state index contributed by atoms with van der Waals surface area (Å²) in [5.41, 5.74) is 1.44. The number of anilines is 1. The molecule has 2 heterocycles. The van der Waals surface area contributed by atoms with Gasteiger partial charge in [0.1, 0.15) is 17.3 Å². The summed E-state index contributed by atoms with van der Waals surface area (Å²) < 4.78 is 24.9. The number of ketones is 1. The summed E-state index contributed by atoms with van der Waals surface area (Å²) in [6.45, 7) is 1.69. The number of furan rings is 1. The molecule has 1 aliphatic heterocycles. The summed E-state index contributed by atoms with van der Waals surface area (Å²) in [4.78, 5) is 26.0. The molecule has 0 aliphatic carbocycles. The highest BCUT2D eigenvalue weighted by molar-refractivity contribution is 8.03. The van der Waals surface area contributed by atoms with Crippen LogP contribution in [0.2, 0.25) is 0 Å². The van der Waals surface area contributed by atoms with Crippen molar-refractivity contribution in [3.05, 3.63) is 106 Å². The molecule has 3 aromatic rings. The highest BCUT2D eigenvalue weighted by Crippen LogP contribution is 2.41. The SMILES string of the molecule is COc1ccc(C(=O)CSC2=C(C#N)C(c3ccco3)C(C(=O)Nc3ccccc3F)=C(C)N2)cc1. The van der Waals surface area contributed by atoms with E-state index in [-0.39, 0.29) is 28.4 Å². The van der Waals surface area contributed by atoms with Crippen molar-refractivity contribution < 1.29 is 23.1 Å². The lowest BCUT2D eigenvalue weighted by Crippen LogP contribution is -2.31. The quantitative estimate of drug-likeness (QED) is 0.398. The Kier molecular flexibility index (Phi) is 7.56. The molecular formula is C27H22FN3O4S. The smallest absolute Gasteiger partial charge is 0.254 e. The van der Waals surface area contributed by atoms with E-state index < -0.39 is 17.6 Å². The number of amides is 1. The monoisotopic (exact) mass is 503 g/mol. The maximum atomic E-state index is 14.2. The summed E-state index contributed by atoms with van der Waals surface area (Å²) >= 11 is 1.17. The molecule has 36 heavy (non-hydrogen) atoms. The maximum Gasteiger partial charge on any atom is 0.254 e. The molecule has 1 atom stereocenters. The number of methoxy groups -OCH3 is 1.